The number of hydrogen-bond acceptors (Lipinski definition) is 1. The van der Waals surface area contributed by atoms with Crippen molar-refractivity contribution in [1.82, 2.24) is 4.68 Å². The van der Waals surface area contributed by atoms with Crippen LogP contribution in [0.4, 0.5) is 5.69 Å². The van der Waals surface area contributed by atoms with Gasteiger partial charge in [0.2, 0.25) is 0 Å². The van der Waals surface area contributed by atoms with E-state index in [2.05, 4.69) is 46.5 Å². The summed E-state index contributed by atoms with van der Waals surface area (Å²) in [5.41, 5.74) is 6.59. The standard InChI is InChI=1S/C18H13ClN2/c19-15-9-3-4-10-16(15)20-21-17-11-5-1-7-13(17)14-8-2-6-12-18(14)21/h1-12,20H. The van der Waals surface area contributed by atoms with Gasteiger partial charge in [0.15, 0.2) is 0 Å². The SMILES string of the molecule is Clc1ccccc1Nn1c2ccccc2c2ccccc21. The van der Waals surface area contributed by atoms with Gasteiger partial charge in [-0.2, -0.15) is 0 Å². The van der Waals surface area contributed by atoms with Crippen molar-refractivity contribution in [3.8, 4) is 0 Å². The second-order valence-corrected chi connectivity index (χ2v) is 5.37. The Morgan fingerprint density at radius 2 is 1.19 bits per heavy atom. The predicted octanol–water partition coefficient (Wildman–Crippen LogP) is 5.32. The van der Waals surface area contributed by atoms with Crippen LogP contribution in [-0.4, -0.2) is 4.68 Å². The van der Waals surface area contributed by atoms with Crippen LogP contribution in [0.2, 0.25) is 5.02 Å². The van der Waals surface area contributed by atoms with Crippen molar-refractivity contribution in [2.75, 3.05) is 5.43 Å². The number of rotatable bonds is 2. The molecule has 0 aliphatic rings. The molecule has 3 heteroatoms. The van der Waals surface area contributed by atoms with Crippen molar-refractivity contribution in [1.29, 1.82) is 0 Å². The summed E-state index contributed by atoms with van der Waals surface area (Å²) in [4.78, 5) is 0. The quantitative estimate of drug-likeness (QED) is 0.529. The summed E-state index contributed by atoms with van der Waals surface area (Å²) in [6, 6.07) is 24.5. The van der Waals surface area contributed by atoms with Gasteiger partial charge in [-0.1, -0.05) is 60.1 Å². The zero-order valence-corrected chi connectivity index (χ0v) is 12.0. The van der Waals surface area contributed by atoms with Crippen LogP contribution in [0.25, 0.3) is 21.8 Å². The van der Waals surface area contributed by atoms with E-state index in [9.17, 15) is 0 Å². The van der Waals surface area contributed by atoms with Crippen LogP contribution in [0.3, 0.4) is 0 Å². The molecule has 21 heavy (non-hydrogen) atoms. The average Bonchev–Trinajstić information content (AvgIpc) is 2.85. The Morgan fingerprint density at radius 3 is 1.81 bits per heavy atom. The van der Waals surface area contributed by atoms with Gasteiger partial charge >= 0.3 is 0 Å². The molecule has 1 heterocycles. The number of aromatic nitrogens is 1. The molecule has 0 saturated heterocycles. The van der Waals surface area contributed by atoms with Crippen LogP contribution in [0.15, 0.2) is 72.8 Å². The van der Waals surface area contributed by atoms with E-state index in [1.165, 1.54) is 10.8 Å². The molecular formula is C18H13ClN2. The first-order chi connectivity index (χ1) is 10.3. The second kappa shape index (κ2) is 4.83. The predicted molar refractivity (Wildman–Crippen MR) is 89.9 cm³/mol. The summed E-state index contributed by atoms with van der Waals surface area (Å²) in [5, 5.41) is 3.17. The maximum absolute atomic E-state index is 6.27. The van der Waals surface area contributed by atoms with Gasteiger partial charge < -0.3 is 0 Å². The highest BCUT2D eigenvalue weighted by molar-refractivity contribution is 6.33. The number of nitrogens with one attached hydrogen (secondary N) is 1. The lowest BCUT2D eigenvalue weighted by Crippen LogP contribution is -2.08. The smallest absolute Gasteiger partial charge is 0.0732 e. The Hall–Kier alpha value is -2.45. The average molecular weight is 293 g/mol. The van der Waals surface area contributed by atoms with Crippen LogP contribution < -0.4 is 5.43 Å². The summed E-state index contributed by atoms with van der Waals surface area (Å²) < 4.78 is 2.09. The number of para-hydroxylation sites is 3. The molecule has 1 aromatic heterocycles. The number of hydrogen-bond donors (Lipinski definition) is 1. The van der Waals surface area contributed by atoms with E-state index in [1.807, 2.05) is 36.4 Å². The molecule has 0 aliphatic carbocycles. The lowest BCUT2D eigenvalue weighted by Gasteiger charge is -2.12. The first kappa shape index (κ1) is 12.3. The van der Waals surface area contributed by atoms with Crippen molar-refractivity contribution in [2.45, 2.75) is 0 Å². The zero-order valence-electron chi connectivity index (χ0n) is 11.3. The fourth-order valence-corrected chi connectivity index (χ4v) is 2.89. The second-order valence-electron chi connectivity index (χ2n) is 4.96. The first-order valence-corrected chi connectivity index (χ1v) is 7.22. The van der Waals surface area contributed by atoms with E-state index in [4.69, 9.17) is 11.6 Å². The molecule has 0 bridgehead atoms. The van der Waals surface area contributed by atoms with Gasteiger partial charge in [-0.25, -0.2) is 0 Å². The van der Waals surface area contributed by atoms with Gasteiger partial charge in [0.1, 0.15) is 0 Å². The Morgan fingerprint density at radius 1 is 0.667 bits per heavy atom. The highest BCUT2D eigenvalue weighted by Gasteiger charge is 2.10. The maximum Gasteiger partial charge on any atom is 0.0732 e. The number of halogens is 1. The van der Waals surface area contributed by atoms with Gasteiger partial charge in [-0.15, -0.1) is 0 Å². The normalized spacial score (nSPS) is 11.1. The monoisotopic (exact) mass is 292 g/mol. The fourth-order valence-electron chi connectivity index (χ4n) is 2.72. The minimum Gasteiger partial charge on any atom is -0.292 e. The molecule has 102 valence electrons. The molecule has 0 amide bonds. The molecule has 0 atom stereocenters. The minimum atomic E-state index is 0.708. The van der Waals surface area contributed by atoms with Gasteiger partial charge in [-0.3, -0.25) is 10.1 Å². The Balaban J connectivity index is 2.00. The molecule has 0 aliphatic heterocycles. The molecule has 0 radical (unpaired) electrons. The van der Waals surface area contributed by atoms with Crippen LogP contribution in [-0.2, 0) is 0 Å². The van der Waals surface area contributed by atoms with E-state index in [1.54, 1.807) is 0 Å². The lowest BCUT2D eigenvalue weighted by molar-refractivity contribution is 1.06. The van der Waals surface area contributed by atoms with Crippen molar-refractivity contribution in [3.63, 3.8) is 0 Å². The van der Waals surface area contributed by atoms with E-state index in [-0.39, 0.29) is 0 Å². The summed E-state index contributed by atoms with van der Waals surface area (Å²) in [5.74, 6) is 0. The number of benzene rings is 3. The maximum atomic E-state index is 6.27. The first-order valence-electron chi connectivity index (χ1n) is 6.84. The van der Waals surface area contributed by atoms with Crippen LogP contribution >= 0.6 is 11.6 Å². The molecular weight excluding hydrogens is 280 g/mol. The van der Waals surface area contributed by atoms with Crippen molar-refractivity contribution >= 4 is 39.1 Å². The molecule has 0 unspecified atom stereocenters. The zero-order chi connectivity index (χ0) is 14.2. The number of nitrogens with zero attached hydrogens (tertiary/aromatic N) is 1. The van der Waals surface area contributed by atoms with Gasteiger partial charge in [0, 0.05) is 10.8 Å². The summed E-state index contributed by atoms with van der Waals surface area (Å²) in [6.45, 7) is 0. The molecule has 2 nitrogen and oxygen atoms in total. The van der Waals surface area contributed by atoms with E-state index in [0.717, 1.165) is 16.7 Å². The third-order valence-corrected chi connectivity index (χ3v) is 4.02. The summed E-state index contributed by atoms with van der Waals surface area (Å²) >= 11 is 6.27. The molecule has 0 saturated carbocycles. The van der Waals surface area contributed by atoms with E-state index < -0.39 is 0 Å². The van der Waals surface area contributed by atoms with Crippen molar-refractivity contribution < 1.29 is 0 Å². The third kappa shape index (κ3) is 1.96. The molecule has 0 spiro atoms. The van der Waals surface area contributed by atoms with Gasteiger partial charge in [-0.05, 0) is 24.3 Å². The third-order valence-electron chi connectivity index (χ3n) is 3.69. The largest absolute Gasteiger partial charge is 0.292 e. The Labute approximate surface area is 127 Å². The summed E-state index contributed by atoms with van der Waals surface area (Å²) in [7, 11) is 0. The topological polar surface area (TPSA) is 17.0 Å². The highest BCUT2D eigenvalue weighted by atomic mass is 35.5. The Bertz CT molecular complexity index is 887. The van der Waals surface area contributed by atoms with E-state index in [0.29, 0.717) is 5.02 Å². The molecule has 3 aromatic carbocycles. The lowest BCUT2D eigenvalue weighted by atomic mass is 10.2. The van der Waals surface area contributed by atoms with Crippen molar-refractivity contribution in [2.24, 2.45) is 0 Å². The number of anilines is 1. The summed E-state index contributed by atoms with van der Waals surface area (Å²) in [6.07, 6.45) is 0. The van der Waals surface area contributed by atoms with Gasteiger partial charge in [0.05, 0.1) is 21.7 Å². The van der Waals surface area contributed by atoms with Crippen LogP contribution in [0.1, 0.15) is 0 Å². The van der Waals surface area contributed by atoms with Crippen LogP contribution in [0, 0.1) is 0 Å². The molecule has 4 rings (SSSR count). The molecule has 0 fully saturated rings. The molecule has 1 N–H and O–H groups in total. The highest BCUT2D eigenvalue weighted by Crippen LogP contribution is 2.30. The Kier molecular flexibility index (Phi) is 2.83. The molecule has 4 aromatic rings. The van der Waals surface area contributed by atoms with Crippen LogP contribution in [0.5, 0.6) is 0 Å². The van der Waals surface area contributed by atoms with E-state index >= 15 is 0 Å². The minimum absolute atomic E-state index is 0.708. The van der Waals surface area contributed by atoms with Crippen molar-refractivity contribution in [3.05, 3.63) is 77.8 Å². The number of fused-ring (bicyclic) bond motifs is 3. The van der Waals surface area contributed by atoms with Gasteiger partial charge in [0.25, 0.3) is 0 Å². The fraction of sp³-hybridized carbons (Fsp3) is 0.